The molecule has 0 saturated carbocycles. The van der Waals surface area contributed by atoms with Crippen molar-refractivity contribution in [2.45, 2.75) is 6.61 Å². The van der Waals surface area contributed by atoms with Gasteiger partial charge < -0.3 is 5.11 Å². The van der Waals surface area contributed by atoms with E-state index in [0.29, 0.717) is 10.3 Å². The Morgan fingerprint density at radius 3 is 3.00 bits per heavy atom. The number of nitrogens with one attached hydrogen (secondary N) is 2. The van der Waals surface area contributed by atoms with Gasteiger partial charge in [0.15, 0.2) is 0 Å². The molecule has 0 radical (unpaired) electrons. The van der Waals surface area contributed by atoms with Gasteiger partial charge in [0, 0.05) is 0 Å². The Balaban J connectivity index is 2.66. The van der Waals surface area contributed by atoms with E-state index < -0.39 is 5.91 Å². The molecular weight excluding hydrogens is 234 g/mol. The van der Waals surface area contributed by atoms with E-state index >= 15 is 0 Å². The van der Waals surface area contributed by atoms with Crippen molar-refractivity contribution in [1.82, 2.24) is 25.1 Å². The van der Waals surface area contributed by atoms with Gasteiger partial charge in [0.2, 0.25) is 5.82 Å². The molecule has 0 unspecified atom stereocenters. The fraction of sp³-hybridized carbons (Fsp3) is 0.143. The molecule has 0 aliphatic carbocycles. The van der Waals surface area contributed by atoms with Crippen LogP contribution in [0.25, 0.3) is 5.78 Å². The Kier molecular flexibility index (Phi) is 2.64. The maximum absolute atomic E-state index is 11.1. The molecule has 8 nitrogen and oxygen atoms in total. The zero-order valence-corrected chi connectivity index (χ0v) is 8.65. The highest BCUT2D eigenvalue weighted by Gasteiger charge is 2.11. The monoisotopic (exact) mass is 241 g/mol. The maximum atomic E-state index is 11.1. The molecule has 0 aromatic carbocycles. The van der Waals surface area contributed by atoms with E-state index in [2.05, 4.69) is 15.1 Å². The first-order valence-electron chi connectivity index (χ1n) is 4.19. The summed E-state index contributed by atoms with van der Waals surface area (Å²) in [7, 11) is 0. The largest absolute Gasteiger partial charge is 0.390 e. The van der Waals surface area contributed by atoms with Crippen LogP contribution in [0.1, 0.15) is 16.3 Å². The molecule has 84 valence electrons. The van der Waals surface area contributed by atoms with Gasteiger partial charge in [0.05, 0.1) is 12.3 Å². The predicted octanol–water partition coefficient (Wildman–Crippen LogP) is -0.602. The molecule has 0 atom stereocenters. The topological polar surface area (TPSA) is 116 Å². The lowest BCUT2D eigenvalue weighted by atomic mass is 10.4. The average molecular weight is 241 g/mol. The summed E-state index contributed by atoms with van der Waals surface area (Å²) < 4.78 is 1.61. The van der Waals surface area contributed by atoms with Crippen LogP contribution in [0.15, 0.2) is 6.07 Å². The highest BCUT2D eigenvalue weighted by molar-refractivity contribution is 7.71. The summed E-state index contributed by atoms with van der Waals surface area (Å²) in [4.78, 5) is 18.8. The van der Waals surface area contributed by atoms with Gasteiger partial charge in [-0.05, 0) is 6.07 Å². The van der Waals surface area contributed by atoms with Gasteiger partial charge in [-0.15, -0.1) is 0 Å². The molecule has 0 bridgehead atoms. The molecule has 2 heterocycles. The molecular formula is C7H7N5O3S. The lowest BCUT2D eigenvalue weighted by molar-refractivity contribution is 0.0695. The summed E-state index contributed by atoms with van der Waals surface area (Å²) in [6, 6.07) is 1.47. The lowest BCUT2D eigenvalue weighted by Gasteiger charge is -1.95. The van der Waals surface area contributed by atoms with E-state index in [0.717, 1.165) is 0 Å². The number of hydrogen-bond acceptors (Lipinski definition) is 6. The number of hydroxylamine groups is 1. The van der Waals surface area contributed by atoms with Crippen molar-refractivity contribution in [3.8, 4) is 0 Å². The molecule has 1 amide bonds. The van der Waals surface area contributed by atoms with Crippen molar-refractivity contribution < 1.29 is 15.1 Å². The molecule has 4 N–H and O–H groups in total. The Bertz CT molecular complexity index is 604. The first kappa shape index (κ1) is 10.7. The number of aromatic amines is 1. The summed E-state index contributed by atoms with van der Waals surface area (Å²) in [5.74, 6) is -0.781. The number of aromatic nitrogens is 4. The van der Waals surface area contributed by atoms with Crippen molar-refractivity contribution >= 4 is 23.9 Å². The Morgan fingerprint density at radius 1 is 1.62 bits per heavy atom. The second-order valence-corrected chi connectivity index (χ2v) is 3.31. The van der Waals surface area contributed by atoms with Gasteiger partial charge in [0.25, 0.3) is 5.78 Å². The van der Waals surface area contributed by atoms with Crippen LogP contribution < -0.4 is 5.48 Å². The number of amides is 1. The predicted molar refractivity (Wildman–Crippen MR) is 53.3 cm³/mol. The molecule has 0 fully saturated rings. The number of carbonyl (C=O) groups is 1. The zero-order valence-electron chi connectivity index (χ0n) is 7.84. The molecule has 2 aromatic heterocycles. The third-order valence-corrected chi connectivity index (χ3v) is 2.16. The number of carbonyl (C=O) groups excluding carboxylic acids is 1. The number of rotatable bonds is 2. The summed E-state index contributed by atoms with van der Waals surface area (Å²) in [6.07, 6.45) is 0. The summed E-state index contributed by atoms with van der Waals surface area (Å²) >= 11 is 4.99. The highest BCUT2D eigenvalue weighted by Crippen LogP contribution is 2.03. The van der Waals surface area contributed by atoms with E-state index in [1.165, 1.54) is 16.1 Å². The standard InChI is InChI=1S/C7H7N5O3S/c13-2-3-1-4(16)12-7(8-3)9-5(10-12)6(14)11-15/h1,13,15H,2H2,(H,11,14)(H,8,9,10). The lowest BCUT2D eigenvalue weighted by Crippen LogP contribution is -2.20. The number of nitrogens with zero attached hydrogens (tertiary/aromatic N) is 3. The van der Waals surface area contributed by atoms with Gasteiger partial charge >= 0.3 is 5.91 Å². The van der Waals surface area contributed by atoms with Crippen LogP contribution in [0.2, 0.25) is 0 Å². The van der Waals surface area contributed by atoms with Crippen LogP contribution >= 0.6 is 12.2 Å². The molecule has 9 heteroatoms. The Morgan fingerprint density at radius 2 is 2.38 bits per heavy atom. The van der Waals surface area contributed by atoms with Crippen LogP contribution in [0.4, 0.5) is 0 Å². The fourth-order valence-electron chi connectivity index (χ4n) is 1.16. The van der Waals surface area contributed by atoms with E-state index in [4.69, 9.17) is 22.5 Å². The fourth-order valence-corrected chi connectivity index (χ4v) is 1.43. The molecule has 2 rings (SSSR count). The second-order valence-electron chi connectivity index (χ2n) is 2.89. The van der Waals surface area contributed by atoms with Crippen molar-refractivity contribution in [1.29, 1.82) is 0 Å². The van der Waals surface area contributed by atoms with Gasteiger partial charge in [-0.3, -0.25) is 15.1 Å². The van der Waals surface area contributed by atoms with Crippen molar-refractivity contribution in [3.05, 3.63) is 22.2 Å². The van der Waals surface area contributed by atoms with E-state index in [9.17, 15) is 4.79 Å². The SMILES string of the molecule is O=C(NO)c1nc2nc(CO)cc(=S)n2[nH]1. The highest BCUT2D eigenvalue weighted by atomic mass is 32.1. The van der Waals surface area contributed by atoms with E-state index in [-0.39, 0.29) is 18.2 Å². The Hall–Kier alpha value is -1.84. The van der Waals surface area contributed by atoms with Crippen molar-refractivity contribution in [3.63, 3.8) is 0 Å². The number of aliphatic hydroxyl groups excluding tert-OH is 1. The first-order valence-corrected chi connectivity index (χ1v) is 4.60. The second kappa shape index (κ2) is 3.96. The van der Waals surface area contributed by atoms with Gasteiger partial charge in [-0.1, -0.05) is 12.2 Å². The van der Waals surface area contributed by atoms with Crippen LogP contribution in [0.3, 0.4) is 0 Å². The molecule has 0 saturated heterocycles. The number of aliphatic hydroxyl groups is 1. The third kappa shape index (κ3) is 1.66. The first-order chi connectivity index (χ1) is 7.65. The number of fused-ring (bicyclic) bond motifs is 1. The van der Waals surface area contributed by atoms with Gasteiger partial charge in [-0.2, -0.15) is 4.98 Å². The summed E-state index contributed by atoms with van der Waals surface area (Å²) in [5, 5.41) is 19.9. The molecule has 0 spiro atoms. The van der Waals surface area contributed by atoms with Gasteiger partial charge in [0.1, 0.15) is 4.64 Å². The smallest absolute Gasteiger partial charge is 0.311 e. The summed E-state index contributed by atoms with van der Waals surface area (Å²) in [6.45, 7) is -0.269. The molecule has 2 aromatic rings. The minimum Gasteiger partial charge on any atom is -0.390 e. The number of H-pyrrole nitrogens is 1. The average Bonchev–Trinajstić information content (AvgIpc) is 2.72. The molecule has 0 aliphatic rings. The molecule has 16 heavy (non-hydrogen) atoms. The van der Waals surface area contributed by atoms with E-state index in [1.54, 1.807) is 0 Å². The Labute approximate surface area is 93.5 Å². The van der Waals surface area contributed by atoms with Crippen molar-refractivity contribution in [2.24, 2.45) is 0 Å². The van der Waals surface area contributed by atoms with Crippen LogP contribution in [-0.4, -0.2) is 35.8 Å². The minimum absolute atomic E-state index is 0.129. The van der Waals surface area contributed by atoms with E-state index in [1.807, 2.05) is 0 Å². The van der Waals surface area contributed by atoms with Crippen LogP contribution in [0, 0.1) is 4.64 Å². The third-order valence-electron chi connectivity index (χ3n) is 1.86. The van der Waals surface area contributed by atoms with Crippen LogP contribution in [0.5, 0.6) is 0 Å². The normalized spacial score (nSPS) is 10.6. The minimum atomic E-state index is -0.801. The van der Waals surface area contributed by atoms with Crippen molar-refractivity contribution in [2.75, 3.05) is 0 Å². The van der Waals surface area contributed by atoms with Crippen LogP contribution in [-0.2, 0) is 6.61 Å². The summed E-state index contributed by atoms with van der Waals surface area (Å²) in [5.41, 5.74) is 1.79. The zero-order chi connectivity index (χ0) is 11.7. The maximum Gasteiger partial charge on any atom is 0.311 e. The molecule has 0 aliphatic heterocycles. The van der Waals surface area contributed by atoms with Gasteiger partial charge in [-0.25, -0.2) is 15.0 Å². The number of hydrogen-bond donors (Lipinski definition) is 4. The quantitative estimate of drug-likeness (QED) is 0.317.